The summed E-state index contributed by atoms with van der Waals surface area (Å²) in [5.41, 5.74) is 0. The van der Waals surface area contributed by atoms with E-state index in [9.17, 15) is 8.42 Å². The van der Waals surface area contributed by atoms with Crippen LogP contribution in [0.3, 0.4) is 0 Å². The first-order valence-electron chi connectivity index (χ1n) is 5.86. The average molecular weight is 248 g/mol. The highest BCUT2D eigenvalue weighted by atomic mass is 32.2. The van der Waals surface area contributed by atoms with Gasteiger partial charge in [-0.25, -0.2) is 8.42 Å². The van der Waals surface area contributed by atoms with Gasteiger partial charge < -0.3 is 9.64 Å². The zero-order valence-electron chi connectivity index (χ0n) is 9.76. The van der Waals surface area contributed by atoms with Crippen LogP contribution in [0.2, 0.25) is 0 Å². The van der Waals surface area contributed by atoms with E-state index in [1.807, 2.05) is 7.05 Å². The lowest BCUT2D eigenvalue weighted by Crippen LogP contribution is -2.50. The van der Waals surface area contributed by atoms with Crippen LogP contribution in [-0.4, -0.2) is 69.3 Å². The average Bonchev–Trinajstić information content (AvgIpc) is 2.31. The van der Waals surface area contributed by atoms with E-state index in [0.29, 0.717) is 39.1 Å². The highest BCUT2D eigenvalue weighted by Gasteiger charge is 2.34. The van der Waals surface area contributed by atoms with Gasteiger partial charge in [0.05, 0.1) is 5.25 Å². The summed E-state index contributed by atoms with van der Waals surface area (Å²) < 4.78 is 31.5. The summed E-state index contributed by atoms with van der Waals surface area (Å²) in [6, 6.07) is 0. The van der Waals surface area contributed by atoms with Crippen molar-refractivity contribution in [1.29, 1.82) is 0 Å². The summed E-state index contributed by atoms with van der Waals surface area (Å²) in [5, 5.41) is -0.218. The monoisotopic (exact) mass is 248 g/mol. The molecule has 0 aromatic rings. The minimum atomic E-state index is -3.08. The number of sulfonamides is 1. The van der Waals surface area contributed by atoms with Crippen molar-refractivity contribution in [2.75, 3.05) is 46.4 Å². The first-order chi connectivity index (χ1) is 7.60. The van der Waals surface area contributed by atoms with Gasteiger partial charge in [0.25, 0.3) is 0 Å². The molecule has 0 amide bonds. The first-order valence-corrected chi connectivity index (χ1v) is 7.36. The molecule has 6 heteroatoms. The van der Waals surface area contributed by atoms with E-state index in [-0.39, 0.29) is 5.25 Å². The maximum Gasteiger partial charge on any atom is 0.217 e. The van der Waals surface area contributed by atoms with Gasteiger partial charge in [-0.15, -0.1) is 0 Å². The molecule has 0 unspecified atom stereocenters. The predicted octanol–water partition coefficient (Wildman–Crippen LogP) is -0.257. The van der Waals surface area contributed by atoms with Crippen LogP contribution in [0.5, 0.6) is 0 Å². The fourth-order valence-corrected chi connectivity index (χ4v) is 4.11. The minimum Gasteiger partial charge on any atom is -0.381 e. The molecule has 16 heavy (non-hydrogen) atoms. The van der Waals surface area contributed by atoms with Crippen molar-refractivity contribution in [2.45, 2.75) is 18.1 Å². The van der Waals surface area contributed by atoms with Gasteiger partial charge >= 0.3 is 0 Å². The Morgan fingerprint density at radius 1 is 1.06 bits per heavy atom. The molecule has 0 radical (unpaired) electrons. The Bertz CT molecular complexity index is 317. The Labute approximate surface area is 97.4 Å². The maximum absolute atomic E-state index is 12.3. The van der Waals surface area contributed by atoms with Crippen LogP contribution in [0.4, 0.5) is 0 Å². The molecule has 0 atom stereocenters. The minimum absolute atomic E-state index is 0.218. The number of ether oxygens (including phenoxy) is 1. The molecular formula is C10H20N2O3S. The standard InChI is InChI=1S/C10H20N2O3S/c1-11-4-6-12(7-5-11)16(13,14)10-2-8-15-9-3-10/h10H,2-9H2,1H3. The molecule has 2 aliphatic heterocycles. The van der Waals surface area contributed by atoms with Crippen molar-refractivity contribution in [3.05, 3.63) is 0 Å². The molecule has 5 nitrogen and oxygen atoms in total. The van der Waals surface area contributed by atoms with Gasteiger partial charge in [0.1, 0.15) is 0 Å². The van der Waals surface area contributed by atoms with E-state index in [2.05, 4.69) is 4.90 Å². The van der Waals surface area contributed by atoms with Crippen LogP contribution in [0.25, 0.3) is 0 Å². The molecule has 0 bridgehead atoms. The second-order valence-corrected chi connectivity index (χ2v) is 6.77. The molecule has 0 aliphatic carbocycles. The third kappa shape index (κ3) is 2.56. The van der Waals surface area contributed by atoms with Gasteiger partial charge in [-0.2, -0.15) is 4.31 Å². The van der Waals surface area contributed by atoms with Crippen LogP contribution in [0.1, 0.15) is 12.8 Å². The molecule has 0 aromatic carbocycles. The summed E-state index contributed by atoms with van der Waals surface area (Å²) in [6.45, 7) is 4.10. The molecule has 2 heterocycles. The van der Waals surface area contributed by atoms with Gasteiger partial charge in [-0.1, -0.05) is 0 Å². The summed E-state index contributed by atoms with van der Waals surface area (Å²) in [6.07, 6.45) is 1.29. The summed E-state index contributed by atoms with van der Waals surface area (Å²) in [7, 11) is -1.06. The summed E-state index contributed by atoms with van der Waals surface area (Å²) in [4.78, 5) is 2.16. The van der Waals surface area contributed by atoms with Gasteiger partial charge in [-0.05, 0) is 19.9 Å². The molecule has 0 spiro atoms. The number of rotatable bonds is 2. The molecule has 2 aliphatic rings. The highest BCUT2D eigenvalue weighted by Crippen LogP contribution is 2.20. The lowest BCUT2D eigenvalue weighted by atomic mass is 10.2. The zero-order chi connectivity index (χ0) is 11.6. The van der Waals surface area contributed by atoms with Gasteiger partial charge in [0.15, 0.2) is 0 Å². The second-order valence-electron chi connectivity index (χ2n) is 4.56. The fraction of sp³-hybridized carbons (Fsp3) is 1.00. The topological polar surface area (TPSA) is 49.9 Å². The number of nitrogens with zero attached hydrogens (tertiary/aromatic N) is 2. The van der Waals surface area contributed by atoms with Crippen molar-refractivity contribution < 1.29 is 13.2 Å². The van der Waals surface area contributed by atoms with Crippen molar-refractivity contribution in [1.82, 2.24) is 9.21 Å². The Morgan fingerprint density at radius 3 is 2.19 bits per heavy atom. The van der Waals surface area contributed by atoms with E-state index in [1.54, 1.807) is 4.31 Å². The van der Waals surface area contributed by atoms with E-state index in [0.717, 1.165) is 13.1 Å². The lowest BCUT2D eigenvalue weighted by molar-refractivity contribution is 0.0965. The molecule has 2 fully saturated rings. The summed E-state index contributed by atoms with van der Waals surface area (Å²) >= 11 is 0. The number of hydrogen-bond acceptors (Lipinski definition) is 4. The normalized spacial score (nSPS) is 27.1. The smallest absolute Gasteiger partial charge is 0.217 e. The van der Waals surface area contributed by atoms with E-state index in [1.165, 1.54) is 0 Å². The SMILES string of the molecule is CN1CCN(S(=O)(=O)C2CCOCC2)CC1. The Balaban J connectivity index is 2.00. The Morgan fingerprint density at radius 2 is 1.62 bits per heavy atom. The van der Waals surface area contributed by atoms with Crippen LogP contribution in [0.15, 0.2) is 0 Å². The van der Waals surface area contributed by atoms with Crippen LogP contribution >= 0.6 is 0 Å². The van der Waals surface area contributed by atoms with Gasteiger partial charge in [0, 0.05) is 39.4 Å². The molecule has 0 saturated carbocycles. The largest absolute Gasteiger partial charge is 0.381 e. The molecule has 0 N–H and O–H groups in total. The van der Waals surface area contributed by atoms with Crippen LogP contribution in [-0.2, 0) is 14.8 Å². The lowest BCUT2D eigenvalue weighted by Gasteiger charge is -2.35. The fourth-order valence-electron chi connectivity index (χ4n) is 2.23. The predicted molar refractivity (Wildman–Crippen MR) is 61.8 cm³/mol. The molecule has 2 saturated heterocycles. The Hall–Kier alpha value is -0.170. The third-order valence-corrected chi connectivity index (χ3v) is 5.81. The van der Waals surface area contributed by atoms with Gasteiger partial charge in [-0.3, -0.25) is 0 Å². The molecule has 0 aromatic heterocycles. The van der Waals surface area contributed by atoms with Crippen molar-refractivity contribution in [3.63, 3.8) is 0 Å². The second kappa shape index (κ2) is 5.00. The van der Waals surface area contributed by atoms with E-state index < -0.39 is 10.0 Å². The van der Waals surface area contributed by atoms with Crippen molar-refractivity contribution in [2.24, 2.45) is 0 Å². The number of likely N-dealkylation sites (N-methyl/N-ethyl adjacent to an activating group) is 1. The van der Waals surface area contributed by atoms with Crippen LogP contribution in [0, 0.1) is 0 Å². The van der Waals surface area contributed by atoms with Crippen molar-refractivity contribution in [3.8, 4) is 0 Å². The zero-order valence-corrected chi connectivity index (χ0v) is 10.6. The molecular weight excluding hydrogens is 228 g/mol. The van der Waals surface area contributed by atoms with E-state index in [4.69, 9.17) is 4.74 Å². The van der Waals surface area contributed by atoms with Crippen molar-refractivity contribution >= 4 is 10.0 Å². The molecule has 94 valence electrons. The highest BCUT2D eigenvalue weighted by molar-refractivity contribution is 7.89. The summed E-state index contributed by atoms with van der Waals surface area (Å²) in [5.74, 6) is 0. The molecule has 2 rings (SSSR count). The maximum atomic E-state index is 12.3. The third-order valence-electron chi connectivity index (χ3n) is 3.41. The number of piperazine rings is 1. The Kier molecular flexibility index (Phi) is 3.84. The van der Waals surface area contributed by atoms with Gasteiger partial charge in [0.2, 0.25) is 10.0 Å². The van der Waals surface area contributed by atoms with Crippen LogP contribution < -0.4 is 0 Å². The quantitative estimate of drug-likeness (QED) is 0.676. The first kappa shape index (κ1) is 12.3. The van der Waals surface area contributed by atoms with E-state index >= 15 is 0 Å². The number of hydrogen-bond donors (Lipinski definition) is 0.